The van der Waals surface area contributed by atoms with Gasteiger partial charge in [-0.2, -0.15) is 13.2 Å². The van der Waals surface area contributed by atoms with Crippen LogP contribution in [0.15, 0.2) is 66.7 Å². The second kappa shape index (κ2) is 8.26. The lowest BCUT2D eigenvalue weighted by atomic mass is 9.83. The number of likely N-dealkylation sites (tertiary alicyclic amines) is 1. The maximum atomic E-state index is 13.4. The summed E-state index contributed by atoms with van der Waals surface area (Å²) in [5, 5.41) is 3.44. The van der Waals surface area contributed by atoms with Gasteiger partial charge in [0.1, 0.15) is 17.2 Å². The van der Waals surface area contributed by atoms with Crippen LogP contribution in [0, 0.1) is 0 Å². The number of fused-ring (bicyclic) bond motifs is 2. The molecule has 2 aromatic carbocycles. The van der Waals surface area contributed by atoms with E-state index >= 15 is 0 Å². The Bertz CT molecular complexity index is 1140. The monoisotopic (exact) mass is 457 g/mol. The molecule has 3 aromatic rings. The molecule has 5 nitrogen and oxygen atoms in total. The zero-order chi connectivity index (χ0) is 23.1. The number of carbonyl (C=O) groups excluding carboxylic acids is 1. The molecule has 1 N–H and O–H groups in total. The number of alkyl halides is 3. The minimum absolute atomic E-state index is 0. The zero-order valence-electron chi connectivity index (χ0n) is 17.9. The van der Waals surface area contributed by atoms with E-state index in [-0.39, 0.29) is 7.33 Å². The summed E-state index contributed by atoms with van der Waals surface area (Å²) in [6, 6.07) is 19.2. The number of halogens is 3. The van der Waals surface area contributed by atoms with Gasteiger partial charge in [0, 0.05) is 38.9 Å². The Hall–Kier alpha value is -3.26. The SMILES string of the molecule is O=C(c1ccc(Oc2ccccc2)cc1)N1CCC2(CC1)NCCn1c(C(F)(F)F)ccc12.[HH]. The Morgan fingerprint density at radius 3 is 2.24 bits per heavy atom. The molecule has 2 aliphatic heterocycles. The fourth-order valence-electron chi connectivity index (χ4n) is 4.87. The average molecular weight is 457 g/mol. The highest BCUT2D eigenvalue weighted by Gasteiger charge is 2.44. The normalized spacial score (nSPS) is 17.6. The highest BCUT2D eigenvalue weighted by molar-refractivity contribution is 5.94. The van der Waals surface area contributed by atoms with Gasteiger partial charge < -0.3 is 19.5 Å². The number of amides is 1. The molecule has 174 valence electrons. The number of hydrogen-bond acceptors (Lipinski definition) is 3. The molecule has 2 aliphatic rings. The van der Waals surface area contributed by atoms with Crippen molar-refractivity contribution in [2.45, 2.75) is 31.1 Å². The molecule has 0 saturated carbocycles. The Labute approximate surface area is 191 Å². The highest BCUT2D eigenvalue weighted by atomic mass is 19.4. The summed E-state index contributed by atoms with van der Waals surface area (Å²) in [6.07, 6.45) is -3.24. The van der Waals surface area contributed by atoms with Crippen molar-refractivity contribution < 1.29 is 24.1 Å². The first-order valence-electron chi connectivity index (χ1n) is 11.0. The molecule has 1 saturated heterocycles. The summed E-state index contributed by atoms with van der Waals surface area (Å²) in [5.41, 5.74) is 0.0855. The van der Waals surface area contributed by atoms with Crippen LogP contribution in [0.3, 0.4) is 0 Å². The van der Waals surface area contributed by atoms with Gasteiger partial charge in [0.15, 0.2) is 0 Å². The summed E-state index contributed by atoms with van der Waals surface area (Å²) in [6.45, 7) is 1.71. The third-order valence-electron chi connectivity index (χ3n) is 6.54. The largest absolute Gasteiger partial charge is 0.457 e. The summed E-state index contributed by atoms with van der Waals surface area (Å²) in [5.74, 6) is 1.28. The number of rotatable bonds is 3. The van der Waals surface area contributed by atoms with Gasteiger partial charge in [-0.05, 0) is 61.4 Å². The van der Waals surface area contributed by atoms with Gasteiger partial charge in [0.25, 0.3) is 5.91 Å². The van der Waals surface area contributed by atoms with Gasteiger partial charge in [0.2, 0.25) is 0 Å². The quantitative estimate of drug-likeness (QED) is 0.582. The standard InChI is InChI=1S/C25H24F3N3O2.H2/c26-25(27,28)22-11-10-21-24(29-14-17-31(21)22)12-15-30(16-13-24)23(32)18-6-8-20(9-7-18)33-19-4-2-1-3-5-19;/h1-11,29H,12-17H2;1H. The Balaban J connectivity index is 0.00000274. The predicted octanol–water partition coefficient (Wildman–Crippen LogP) is 5.28. The number of nitrogens with zero attached hydrogens (tertiary/aromatic N) is 2. The number of ether oxygens (including phenoxy) is 1. The number of para-hydroxylation sites is 1. The number of piperidine rings is 1. The van der Waals surface area contributed by atoms with Crippen LogP contribution in [0.2, 0.25) is 0 Å². The first kappa shape index (κ1) is 21.6. The molecule has 1 aromatic heterocycles. The zero-order valence-corrected chi connectivity index (χ0v) is 17.9. The van der Waals surface area contributed by atoms with Crippen molar-refractivity contribution in [3.05, 3.63) is 83.7 Å². The lowest BCUT2D eigenvalue weighted by Crippen LogP contribution is -2.56. The van der Waals surface area contributed by atoms with Crippen molar-refractivity contribution in [2.75, 3.05) is 19.6 Å². The van der Waals surface area contributed by atoms with Gasteiger partial charge >= 0.3 is 6.18 Å². The van der Waals surface area contributed by atoms with Crippen LogP contribution in [0.5, 0.6) is 11.5 Å². The van der Waals surface area contributed by atoms with E-state index in [9.17, 15) is 18.0 Å². The lowest BCUT2D eigenvalue weighted by molar-refractivity contribution is -0.144. The van der Waals surface area contributed by atoms with E-state index in [4.69, 9.17) is 4.74 Å². The summed E-state index contributed by atoms with van der Waals surface area (Å²) in [7, 11) is 0. The molecular weight excluding hydrogens is 431 g/mol. The molecule has 0 radical (unpaired) electrons. The Morgan fingerprint density at radius 1 is 0.909 bits per heavy atom. The van der Waals surface area contributed by atoms with E-state index in [1.807, 2.05) is 30.3 Å². The second-order valence-corrected chi connectivity index (χ2v) is 8.49. The van der Waals surface area contributed by atoms with Crippen LogP contribution in [-0.2, 0) is 18.3 Å². The molecule has 1 amide bonds. The number of benzene rings is 2. The number of nitrogens with one attached hydrogen (secondary N) is 1. The van der Waals surface area contributed by atoms with Crippen molar-refractivity contribution >= 4 is 5.91 Å². The third kappa shape index (κ3) is 4.11. The Morgan fingerprint density at radius 2 is 1.58 bits per heavy atom. The van der Waals surface area contributed by atoms with Crippen molar-refractivity contribution in [3.63, 3.8) is 0 Å². The molecule has 0 bridgehead atoms. The fraction of sp³-hybridized carbons (Fsp3) is 0.320. The molecule has 0 aliphatic carbocycles. The summed E-state index contributed by atoms with van der Waals surface area (Å²) >= 11 is 0. The smallest absolute Gasteiger partial charge is 0.431 e. The molecule has 3 heterocycles. The first-order chi connectivity index (χ1) is 15.9. The van der Waals surface area contributed by atoms with Gasteiger partial charge in [-0.15, -0.1) is 0 Å². The van der Waals surface area contributed by atoms with Crippen molar-refractivity contribution in [1.29, 1.82) is 0 Å². The van der Waals surface area contributed by atoms with Crippen LogP contribution in [0.1, 0.15) is 36.0 Å². The molecule has 5 rings (SSSR count). The average Bonchev–Trinajstić information content (AvgIpc) is 3.27. The lowest BCUT2D eigenvalue weighted by Gasteiger charge is -2.45. The topological polar surface area (TPSA) is 46.5 Å². The highest BCUT2D eigenvalue weighted by Crippen LogP contribution is 2.40. The predicted molar refractivity (Wildman–Crippen MR) is 119 cm³/mol. The van der Waals surface area contributed by atoms with E-state index in [2.05, 4.69) is 5.32 Å². The molecule has 1 fully saturated rings. The van der Waals surface area contributed by atoms with Crippen LogP contribution in [0.25, 0.3) is 0 Å². The van der Waals surface area contributed by atoms with E-state index in [0.29, 0.717) is 56.0 Å². The number of carbonyl (C=O) groups is 1. The molecule has 8 heteroatoms. The minimum Gasteiger partial charge on any atom is -0.457 e. The number of aromatic nitrogens is 1. The van der Waals surface area contributed by atoms with Crippen LogP contribution in [0.4, 0.5) is 13.2 Å². The number of hydrogen-bond donors (Lipinski definition) is 1. The molecule has 33 heavy (non-hydrogen) atoms. The molecule has 0 unspecified atom stereocenters. The van der Waals surface area contributed by atoms with Crippen molar-refractivity contribution in [1.82, 2.24) is 14.8 Å². The van der Waals surface area contributed by atoms with Gasteiger partial charge in [-0.1, -0.05) is 18.2 Å². The summed E-state index contributed by atoms with van der Waals surface area (Å²) in [4.78, 5) is 14.8. The first-order valence-corrected chi connectivity index (χ1v) is 11.0. The van der Waals surface area contributed by atoms with Crippen molar-refractivity contribution in [3.8, 4) is 11.5 Å². The van der Waals surface area contributed by atoms with E-state index in [0.717, 1.165) is 5.75 Å². The van der Waals surface area contributed by atoms with Gasteiger partial charge in [-0.25, -0.2) is 0 Å². The molecule has 1 spiro atoms. The van der Waals surface area contributed by atoms with Crippen LogP contribution >= 0.6 is 0 Å². The van der Waals surface area contributed by atoms with Crippen molar-refractivity contribution in [2.24, 2.45) is 0 Å². The summed E-state index contributed by atoms with van der Waals surface area (Å²) < 4.78 is 47.3. The minimum atomic E-state index is -4.37. The maximum Gasteiger partial charge on any atom is 0.431 e. The van der Waals surface area contributed by atoms with Gasteiger partial charge in [-0.3, -0.25) is 4.79 Å². The second-order valence-electron chi connectivity index (χ2n) is 8.49. The van der Waals surface area contributed by atoms with Gasteiger partial charge in [0.05, 0.1) is 5.54 Å². The third-order valence-corrected chi connectivity index (χ3v) is 6.54. The fourth-order valence-corrected chi connectivity index (χ4v) is 4.87. The molecular formula is C25H26F3N3O2. The maximum absolute atomic E-state index is 13.4. The molecule has 0 atom stereocenters. The Kier molecular flexibility index (Phi) is 5.40. The van der Waals surface area contributed by atoms with E-state index in [1.54, 1.807) is 35.2 Å². The van der Waals surface area contributed by atoms with Crippen LogP contribution in [-0.4, -0.2) is 35.0 Å². The van der Waals surface area contributed by atoms with Crippen LogP contribution < -0.4 is 10.1 Å². The van der Waals surface area contributed by atoms with E-state index < -0.39 is 17.4 Å². The van der Waals surface area contributed by atoms with E-state index in [1.165, 1.54) is 10.6 Å².